The van der Waals surface area contributed by atoms with Gasteiger partial charge in [0.25, 0.3) is 0 Å². The van der Waals surface area contributed by atoms with Crippen molar-refractivity contribution in [2.24, 2.45) is 7.05 Å². The molecular formula is C16H20FN3O. The minimum absolute atomic E-state index is 0.0639. The van der Waals surface area contributed by atoms with Crippen LogP contribution in [0.15, 0.2) is 24.3 Å². The highest BCUT2D eigenvalue weighted by molar-refractivity contribution is 5.79. The number of carbonyl (C=O) groups is 1. The molecule has 1 unspecified atom stereocenters. The average molecular weight is 289 g/mol. The summed E-state index contributed by atoms with van der Waals surface area (Å²) >= 11 is 0. The lowest BCUT2D eigenvalue weighted by Crippen LogP contribution is -2.28. The van der Waals surface area contributed by atoms with Gasteiger partial charge in [-0.2, -0.15) is 5.10 Å². The third kappa shape index (κ3) is 3.48. The van der Waals surface area contributed by atoms with Gasteiger partial charge >= 0.3 is 0 Å². The van der Waals surface area contributed by atoms with E-state index >= 15 is 0 Å². The van der Waals surface area contributed by atoms with Gasteiger partial charge in [0, 0.05) is 18.3 Å². The number of nitrogens with one attached hydrogen (secondary N) is 1. The highest BCUT2D eigenvalue weighted by Gasteiger charge is 2.15. The van der Waals surface area contributed by atoms with Crippen molar-refractivity contribution in [3.05, 3.63) is 52.6 Å². The molecule has 0 aliphatic rings. The lowest BCUT2D eigenvalue weighted by Gasteiger charge is -2.14. The summed E-state index contributed by atoms with van der Waals surface area (Å²) < 4.78 is 14.7. The molecule has 0 saturated heterocycles. The van der Waals surface area contributed by atoms with Crippen molar-refractivity contribution >= 4 is 5.91 Å². The molecular weight excluding hydrogens is 269 g/mol. The largest absolute Gasteiger partial charge is 0.349 e. The molecule has 1 aromatic heterocycles. The van der Waals surface area contributed by atoms with Crippen molar-refractivity contribution in [3.63, 3.8) is 0 Å². The van der Waals surface area contributed by atoms with E-state index in [4.69, 9.17) is 0 Å². The molecule has 1 amide bonds. The fourth-order valence-electron chi connectivity index (χ4n) is 2.36. The number of hydrogen-bond acceptors (Lipinski definition) is 2. The number of benzene rings is 1. The predicted molar refractivity (Wildman–Crippen MR) is 79.3 cm³/mol. The lowest BCUT2D eigenvalue weighted by atomic mass is 10.1. The molecule has 0 fully saturated rings. The fraction of sp³-hybridized carbons (Fsp3) is 0.375. The van der Waals surface area contributed by atoms with Crippen molar-refractivity contribution in [1.29, 1.82) is 0 Å². The van der Waals surface area contributed by atoms with Gasteiger partial charge in [0.15, 0.2) is 0 Å². The van der Waals surface area contributed by atoms with Gasteiger partial charge in [-0.05, 0) is 38.5 Å². The van der Waals surface area contributed by atoms with Gasteiger partial charge in [-0.3, -0.25) is 9.48 Å². The molecule has 0 aliphatic heterocycles. The van der Waals surface area contributed by atoms with E-state index in [1.165, 1.54) is 12.1 Å². The second kappa shape index (κ2) is 6.08. The smallest absolute Gasteiger partial charge is 0.225 e. The van der Waals surface area contributed by atoms with Crippen LogP contribution in [0, 0.1) is 19.7 Å². The Morgan fingerprint density at radius 1 is 1.33 bits per heavy atom. The van der Waals surface area contributed by atoms with Crippen LogP contribution in [-0.2, 0) is 18.3 Å². The summed E-state index contributed by atoms with van der Waals surface area (Å²) in [5.74, 6) is -0.343. The summed E-state index contributed by atoms with van der Waals surface area (Å²) in [6.45, 7) is 5.74. The van der Waals surface area contributed by atoms with Crippen molar-refractivity contribution in [2.75, 3.05) is 0 Å². The Balaban J connectivity index is 2.03. The zero-order chi connectivity index (χ0) is 15.6. The second-order valence-electron chi connectivity index (χ2n) is 5.29. The molecule has 0 bridgehead atoms. The van der Waals surface area contributed by atoms with Crippen LogP contribution in [0.2, 0.25) is 0 Å². The van der Waals surface area contributed by atoms with E-state index in [2.05, 4.69) is 10.4 Å². The maximum absolute atomic E-state index is 12.9. The molecule has 4 nitrogen and oxygen atoms in total. The molecule has 1 N–H and O–H groups in total. The minimum atomic E-state index is -0.279. The molecule has 1 atom stereocenters. The number of halogens is 1. The van der Waals surface area contributed by atoms with Crippen molar-refractivity contribution in [3.8, 4) is 0 Å². The van der Waals surface area contributed by atoms with Crippen LogP contribution < -0.4 is 5.32 Å². The number of hydrogen-bond donors (Lipinski definition) is 1. The quantitative estimate of drug-likeness (QED) is 0.940. The highest BCUT2D eigenvalue weighted by Crippen LogP contribution is 2.15. The zero-order valence-corrected chi connectivity index (χ0v) is 12.8. The summed E-state index contributed by atoms with van der Waals surface area (Å²) in [6, 6.07) is 6.00. The lowest BCUT2D eigenvalue weighted by molar-refractivity contribution is -0.121. The first-order chi connectivity index (χ1) is 9.88. The van der Waals surface area contributed by atoms with Gasteiger partial charge in [-0.1, -0.05) is 12.1 Å². The molecule has 112 valence electrons. The van der Waals surface area contributed by atoms with Gasteiger partial charge in [0.05, 0.1) is 18.2 Å². The van der Waals surface area contributed by atoms with E-state index in [0.29, 0.717) is 6.42 Å². The third-order valence-corrected chi connectivity index (χ3v) is 3.74. The van der Waals surface area contributed by atoms with E-state index in [1.54, 1.807) is 16.8 Å². The summed E-state index contributed by atoms with van der Waals surface area (Å²) in [4.78, 5) is 12.2. The van der Waals surface area contributed by atoms with Gasteiger partial charge < -0.3 is 5.32 Å². The van der Waals surface area contributed by atoms with Gasteiger partial charge in [0.2, 0.25) is 5.91 Å². The van der Waals surface area contributed by atoms with Crippen LogP contribution in [0.5, 0.6) is 0 Å². The average Bonchev–Trinajstić information content (AvgIpc) is 2.66. The molecule has 2 rings (SSSR count). The minimum Gasteiger partial charge on any atom is -0.349 e. The van der Waals surface area contributed by atoms with E-state index in [0.717, 1.165) is 22.5 Å². The summed E-state index contributed by atoms with van der Waals surface area (Å²) in [5.41, 5.74) is 3.71. The normalized spacial score (nSPS) is 12.2. The highest BCUT2D eigenvalue weighted by atomic mass is 19.1. The topological polar surface area (TPSA) is 46.9 Å². The van der Waals surface area contributed by atoms with E-state index in [9.17, 15) is 9.18 Å². The standard InChI is InChI=1S/C16H20FN3O/c1-10(13-5-7-14(17)8-6-13)18-16(21)9-15-11(2)19-20(4)12(15)3/h5-8,10H,9H2,1-4H3,(H,18,21). The predicted octanol–water partition coefficient (Wildman–Crippen LogP) is 2.60. The Labute approximate surface area is 124 Å². The van der Waals surface area contributed by atoms with Crippen LogP contribution in [0.25, 0.3) is 0 Å². The van der Waals surface area contributed by atoms with Crippen LogP contribution in [-0.4, -0.2) is 15.7 Å². The number of aryl methyl sites for hydroxylation is 2. The van der Waals surface area contributed by atoms with Gasteiger partial charge in [-0.25, -0.2) is 4.39 Å². The van der Waals surface area contributed by atoms with Gasteiger partial charge in [0.1, 0.15) is 5.82 Å². The van der Waals surface area contributed by atoms with Crippen LogP contribution in [0.1, 0.15) is 35.5 Å². The molecule has 1 aromatic carbocycles. The first-order valence-corrected chi connectivity index (χ1v) is 6.92. The number of rotatable bonds is 4. The Hall–Kier alpha value is -2.17. The molecule has 0 spiro atoms. The Morgan fingerprint density at radius 2 is 1.95 bits per heavy atom. The van der Waals surface area contributed by atoms with Gasteiger partial charge in [-0.15, -0.1) is 0 Å². The van der Waals surface area contributed by atoms with Crippen LogP contribution in [0.4, 0.5) is 4.39 Å². The molecule has 2 aromatic rings. The SMILES string of the molecule is Cc1nn(C)c(C)c1CC(=O)NC(C)c1ccc(F)cc1. The Bertz CT molecular complexity index is 646. The van der Waals surface area contributed by atoms with Crippen molar-refractivity contribution in [1.82, 2.24) is 15.1 Å². The zero-order valence-electron chi connectivity index (χ0n) is 12.8. The first kappa shape index (κ1) is 15.2. The fourth-order valence-corrected chi connectivity index (χ4v) is 2.36. The van der Waals surface area contributed by atoms with E-state index < -0.39 is 0 Å². The molecule has 0 aliphatic carbocycles. The van der Waals surface area contributed by atoms with Crippen LogP contribution >= 0.6 is 0 Å². The van der Waals surface area contributed by atoms with Crippen LogP contribution in [0.3, 0.4) is 0 Å². The molecule has 1 heterocycles. The maximum Gasteiger partial charge on any atom is 0.225 e. The van der Waals surface area contributed by atoms with Crippen molar-refractivity contribution < 1.29 is 9.18 Å². The summed E-state index contributed by atoms with van der Waals surface area (Å²) in [7, 11) is 1.87. The van der Waals surface area contributed by atoms with E-state index in [-0.39, 0.29) is 17.8 Å². The summed E-state index contributed by atoms with van der Waals surface area (Å²) in [6.07, 6.45) is 0.303. The molecule has 0 radical (unpaired) electrons. The number of aromatic nitrogens is 2. The van der Waals surface area contributed by atoms with Crippen molar-refractivity contribution in [2.45, 2.75) is 33.2 Å². The summed E-state index contributed by atoms with van der Waals surface area (Å²) in [5, 5.41) is 7.24. The first-order valence-electron chi connectivity index (χ1n) is 6.92. The molecule has 21 heavy (non-hydrogen) atoms. The Kier molecular flexibility index (Phi) is 4.40. The molecule has 0 saturated carbocycles. The Morgan fingerprint density at radius 3 is 2.48 bits per heavy atom. The third-order valence-electron chi connectivity index (χ3n) is 3.74. The monoisotopic (exact) mass is 289 g/mol. The molecule has 5 heteroatoms. The number of amides is 1. The number of nitrogens with zero attached hydrogens (tertiary/aromatic N) is 2. The van der Waals surface area contributed by atoms with E-state index in [1.807, 2.05) is 27.8 Å². The second-order valence-corrected chi connectivity index (χ2v) is 5.29. The maximum atomic E-state index is 12.9. The number of carbonyl (C=O) groups excluding carboxylic acids is 1.